The summed E-state index contributed by atoms with van der Waals surface area (Å²) in [6.07, 6.45) is 3.11. The van der Waals surface area contributed by atoms with Crippen LogP contribution in [-0.4, -0.2) is 18.0 Å². The first kappa shape index (κ1) is 12.1. The van der Waals surface area contributed by atoms with Gasteiger partial charge in [-0.15, -0.1) is 0 Å². The average molecular weight is 243 g/mol. The van der Waals surface area contributed by atoms with Gasteiger partial charge in [0, 0.05) is 25.2 Å². The van der Waals surface area contributed by atoms with Gasteiger partial charge in [0.2, 0.25) is 0 Å². The van der Waals surface area contributed by atoms with Crippen LogP contribution in [0.25, 0.3) is 0 Å². The van der Waals surface area contributed by atoms with Crippen molar-refractivity contribution in [2.75, 3.05) is 18.0 Å². The number of nitriles is 1. The van der Waals surface area contributed by atoms with E-state index >= 15 is 0 Å². The molecule has 18 heavy (non-hydrogen) atoms. The smallest absolute Gasteiger partial charge is 0.270 e. The van der Waals surface area contributed by atoms with Crippen LogP contribution in [0.2, 0.25) is 0 Å². The molecule has 5 heteroatoms. The third kappa shape index (κ3) is 2.33. The number of rotatable bonds is 2. The molecule has 1 aliphatic heterocycles. The Hall–Kier alpha value is -2.35. The maximum Gasteiger partial charge on any atom is 0.270 e. The average Bonchev–Trinajstić information content (AvgIpc) is 2.37. The first-order valence-electron chi connectivity index (χ1n) is 5.71. The van der Waals surface area contributed by atoms with E-state index in [0.717, 1.165) is 25.2 Å². The molecule has 1 aromatic rings. The first-order valence-corrected chi connectivity index (χ1v) is 5.71. The van der Waals surface area contributed by atoms with E-state index in [1.807, 2.05) is 13.0 Å². The molecule has 0 unspecified atom stereocenters. The summed E-state index contributed by atoms with van der Waals surface area (Å²) in [6, 6.07) is 6.48. The van der Waals surface area contributed by atoms with Gasteiger partial charge in [-0.1, -0.05) is 11.6 Å². The number of hydrogen-bond donors (Lipinski definition) is 0. The predicted molar refractivity (Wildman–Crippen MR) is 68.4 cm³/mol. The van der Waals surface area contributed by atoms with Crippen molar-refractivity contribution >= 4 is 11.4 Å². The minimum absolute atomic E-state index is 0.0421. The predicted octanol–water partition coefficient (Wildman–Crippen LogP) is 2.62. The van der Waals surface area contributed by atoms with Crippen molar-refractivity contribution < 1.29 is 4.92 Å². The SMILES string of the molecule is CC1=CCCN(c2ccc([N+](=O)[O-])cc2C#N)C1. The van der Waals surface area contributed by atoms with E-state index in [1.54, 1.807) is 6.07 Å². The molecule has 1 heterocycles. The molecule has 92 valence electrons. The van der Waals surface area contributed by atoms with Crippen LogP contribution in [0.4, 0.5) is 11.4 Å². The Morgan fingerprint density at radius 3 is 2.89 bits per heavy atom. The van der Waals surface area contributed by atoms with Crippen molar-refractivity contribution in [1.29, 1.82) is 5.26 Å². The normalized spacial score (nSPS) is 14.9. The van der Waals surface area contributed by atoms with E-state index in [9.17, 15) is 10.1 Å². The topological polar surface area (TPSA) is 70.2 Å². The fourth-order valence-corrected chi connectivity index (χ4v) is 2.12. The van der Waals surface area contributed by atoms with E-state index in [2.05, 4.69) is 11.0 Å². The molecule has 0 aliphatic carbocycles. The Labute approximate surface area is 105 Å². The summed E-state index contributed by atoms with van der Waals surface area (Å²) >= 11 is 0. The number of nitro groups is 1. The van der Waals surface area contributed by atoms with Crippen LogP contribution in [-0.2, 0) is 0 Å². The first-order chi connectivity index (χ1) is 8.61. The lowest BCUT2D eigenvalue weighted by Crippen LogP contribution is -2.29. The minimum Gasteiger partial charge on any atom is -0.366 e. The Kier molecular flexibility index (Phi) is 3.28. The van der Waals surface area contributed by atoms with Crippen molar-refractivity contribution in [2.24, 2.45) is 0 Å². The largest absolute Gasteiger partial charge is 0.366 e. The Bertz CT molecular complexity index is 558. The number of anilines is 1. The molecule has 0 saturated carbocycles. The van der Waals surface area contributed by atoms with Crippen LogP contribution in [0.1, 0.15) is 18.9 Å². The molecular formula is C13H13N3O2. The Morgan fingerprint density at radius 1 is 1.50 bits per heavy atom. The van der Waals surface area contributed by atoms with E-state index in [4.69, 9.17) is 5.26 Å². The Balaban J connectivity index is 2.37. The van der Waals surface area contributed by atoms with Crippen molar-refractivity contribution in [3.63, 3.8) is 0 Å². The van der Waals surface area contributed by atoms with Crippen LogP contribution in [0.3, 0.4) is 0 Å². The van der Waals surface area contributed by atoms with Gasteiger partial charge in [0.25, 0.3) is 5.69 Å². The van der Waals surface area contributed by atoms with E-state index in [-0.39, 0.29) is 5.69 Å². The number of benzene rings is 1. The zero-order chi connectivity index (χ0) is 13.1. The highest BCUT2D eigenvalue weighted by atomic mass is 16.6. The molecule has 0 N–H and O–H groups in total. The molecule has 1 aromatic carbocycles. The summed E-state index contributed by atoms with van der Waals surface area (Å²) in [5, 5.41) is 19.8. The van der Waals surface area contributed by atoms with Gasteiger partial charge in [-0.3, -0.25) is 10.1 Å². The van der Waals surface area contributed by atoms with Gasteiger partial charge in [-0.2, -0.15) is 5.26 Å². The monoisotopic (exact) mass is 243 g/mol. The van der Waals surface area contributed by atoms with Crippen molar-refractivity contribution in [2.45, 2.75) is 13.3 Å². The van der Waals surface area contributed by atoms with E-state index < -0.39 is 4.92 Å². The molecule has 5 nitrogen and oxygen atoms in total. The molecule has 0 aromatic heterocycles. The molecule has 0 fully saturated rings. The summed E-state index contributed by atoms with van der Waals surface area (Å²) in [5.41, 5.74) is 2.34. The molecule has 2 rings (SSSR count). The number of nitro benzene ring substituents is 1. The molecule has 0 spiro atoms. The third-order valence-electron chi connectivity index (χ3n) is 2.98. The number of nitrogens with zero attached hydrogens (tertiary/aromatic N) is 3. The fraction of sp³-hybridized carbons (Fsp3) is 0.308. The second-order valence-electron chi connectivity index (χ2n) is 4.33. The molecular weight excluding hydrogens is 230 g/mol. The third-order valence-corrected chi connectivity index (χ3v) is 2.98. The summed E-state index contributed by atoms with van der Waals surface area (Å²) < 4.78 is 0. The van der Waals surface area contributed by atoms with Gasteiger partial charge in [-0.25, -0.2) is 0 Å². The maximum atomic E-state index is 10.7. The zero-order valence-corrected chi connectivity index (χ0v) is 10.1. The Morgan fingerprint density at radius 2 is 2.28 bits per heavy atom. The van der Waals surface area contributed by atoms with E-state index in [0.29, 0.717) is 5.56 Å². The second kappa shape index (κ2) is 4.88. The lowest BCUT2D eigenvalue weighted by molar-refractivity contribution is -0.384. The van der Waals surface area contributed by atoms with Crippen molar-refractivity contribution in [3.8, 4) is 6.07 Å². The lowest BCUT2D eigenvalue weighted by atomic mass is 10.1. The summed E-state index contributed by atoms with van der Waals surface area (Å²) in [6.45, 7) is 3.65. The second-order valence-corrected chi connectivity index (χ2v) is 4.33. The van der Waals surface area contributed by atoms with Crippen LogP contribution in [0.5, 0.6) is 0 Å². The standard InChI is InChI=1S/C13H13N3O2/c1-10-3-2-6-15(9-10)13-5-4-12(16(17)18)7-11(13)8-14/h3-5,7H,2,6,9H2,1H3. The van der Waals surface area contributed by atoms with Crippen molar-refractivity contribution in [3.05, 3.63) is 45.5 Å². The van der Waals surface area contributed by atoms with Crippen LogP contribution in [0, 0.1) is 21.4 Å². The highest BCUT2D eigenvalue weighted by molar-refractivity contribution is 5.63. The highest BCUT2D eigenvalue weighted by Crippen LogP contribution is 2.27. The molecule has 0 saturated heterocycles. The van der Waals surface area contributed by atoms with Crippen molar-refractivity contribution in [1.82, 2.24) is 0 Å². The van der Waals surface area contributed by atoms with Crippen LogP contribution >= 0.6 is 0 Å². The van der Waals surface area contributed by atoms with E-state index in [1.165, 1.54) is 17.7 Å². The highest BCUT2D eigenvalue weighted by Gasteiger charge is 2.17. The van der Waals surface area contributed by atoms with Crippen LogP contribution < -0.4 is 4.90 Å². The maximum absolute atomic E-state index is 10.7. The minimum atomic E-state index is -0.480. The zero-order valence-electron chi connectivity index (χ0n) is 10.1. The van der Waals surface area contributed by atoms with Crippen LogP contribution in [0.15, 0.2) is 29.8 Å². The molecule has 0 bridgehead atoms. The number of hydrogen-bond acceptors (Lipinski definition) is 4. The van der Waals surface area contributed by atoms with Gasteiger partial charge in [0.05, 0.1) is 16.2 Å². The molecule has 0 atom stereocenters. The summed E-state index contributed by atoms with van der Waals surface area (Å²) in [7, 11) is 0. The molecule has 0 amide bonds. The van der Waals surface area contributed by atoms with Gasteiger partial charge < -0.3 is 4.90 Å². The molecule has 0 radical (unpaired) electrons. The summed E-state index contributed by atoms with van der Waals surface area (Å²) in [5.74, 6) is 0. The quantitative estimate of drug-likeness (QED) is 0.455. The summed E-state index contributed by atoms with van der Waals surface area (Å²) in [4.78, 5) is 12.3. The lowest BCUT2D eigenvalue weighted by Gasteiger charge is -2.28. The van der Waals surface area contributed by atoms with Gasteiger partial charge in [0.1, 0.15) is 6.07 Å². The van der Waals surface area contributed by atoms with Gasteiger partial charge in [0.15, 0.2) is 0 Å². The number of non-ortho nitro benzene ring substituents is 1. The van der Waals surface area contributed by atoms with Gasteiger partial charge >= 0.3 is 0 Å². The molecule has 1 aliphatic rings. The fourth-order valence-electron chi connectivity index (χ4n) is 2.12. The van der Waals surface area contributed by atoms with Gasteiger partial charge in [-0.05, 0) is 19.4 Å².